The summed E-state index contributed by atoms with van der Waals surface area (Å²) in [4.78, 5) is 8.08. The first-order valence-electron chi connectivity index (χ1n) is 9.79. The molecule has 0 unspecified atom stereocenters. The summed E-state index contributed by atoms with van der Waals surface area (Å²) in [7, 11) is 1.67. The van der Waals surface area contributed by atoms with Crippen molar-refractivity contribution in [2.45, 2.75) is 32.1 Å². The second-order valence-corrected chi connectivity index (χ2v) is 8.34. The Hall–Kier alpha value is -1.33. The van der Waals surface area contributed by atoms with Crippen molar-refractivity contribution in [1.29, 1.82) is 0 Å². The number of guanidine groups is 1. The molecule has 2 heterocycles. The van der Waals surface area contributed by atoms with Crippen LogP contribution in [0.5, 0.6) is 0 Å². The monoisotopic (exact) mass is 552 g/mol. The molecule has 0 spiro atoms. The number of thiophene rings is 1. The van der Waals surface area contributed by atoms with Crippen LogP contribution in [0, 0.1) is 5.92 Å². The summed E-state index contributed by atoms with van der Waals surface area (Å²) in [5.74, 6) is 1.19. The lowest BCUT2D eigenvalue weighted by atomic mass is 9.97. The van der Waals surface area contributed by atoms with Gasteiger partial charge in [-0.1, -0.05) is 18.2 Å². The van der Waals surface area contributed by atoms with Gasteiger partial charge in [0, 0.05) is 31.6 Å². The number of piperidine rings is 1. The van der Waals surface area contributed by atoms with Gasteiger partial charge in [0.2, 0.25) is 0 Å². The molecule has 0 atom stereocenters. The summed E-state index contributed by atoms with van der Waals surface area (Å²) < 4.78 is 38.5. The molecule has 1 aromatic heterocycles. The fraction of sp³-hybridized carbons (Fsp3) is 0.476. The maximum atomic E-state index is 12.8. The Morgan fingerprint density at radius 2 is 1.93 bits per heavy atom. The summed E-state index contributed by atoms with van der Waals surface area (Å²) in [6.07, 6.45) is -2.07. The minimum absolute atomic E-state index is 0. The quantitative estimate of drug-likeness (QED) is 0.303. The normalized spacial score (nSPS) is 16.2. The first kappa shape index (κ1) is 24.9. The highest BCUT2D eigenvalue weighted by molar-refractivity contribution is 14.0. The van der Waals surface area contributed by atoms with E-state index in [1.165, 1.54) is 17.0 Å². The van der Waals surface area contributed by atoms with Gasteiger partial charge in [-0.15, -0.1) is 35.3 Å². The zero-order chi connectivity index (χ0) is 20.7. The molecule has 2 aromatic rings. The average molecular weight is 552 g/mol. The van der Waals surface area contributed by atoms with Crippen LogP contribution in [-0.4, -0.2) is 37.5 Å². The third kappa shape index (κ3) is 7.73. The lowest BCUT2D eigenvalue weighted by Crippen LogP contribution is -2.42. The van der Waals surface area contributed by atoms with E-state index in [9.17, 15) is 13.2 Å². The van der Waals surface area contributed by atoms with Crippen LogP contribution in [0.2, 0.25) is 0 Å². The van der Waals surface area contributed by atoms with Gasteiger partial charge in [0.1, 0.15) is 0 Å². The third-order valence-corrected chi connectivity index (χ3v) is 6.02. The van der Waals surface area contributed by atoms with E-state index in [0.717, 1.165) is 45.1 Å². The molecule has 2 N–H and O–H groups in total. The molecular weight excluding hydrogens is 524 g/mol. The third-order valence-electron chi connectivity index (χ3n) is 5.16. The van der Waals surface area contributed by atoms with Gasteiger partial charge in [-0.2, -0.15) is 13.2 Å². The van der Waals surface area contributed by atoms with E-state index >= 15 is 0 Å². The van der Waals surface area contributed by atoms with Crippen LogP contribution in [0.4, 0.5) is 13.2 Å². The smallest absolute Gasteiger partial charge is 0.356 e. The molecule has 1 aromatic carbocycles. The standard InChI is InChI=1S/C21H27F3N4S.HI/c1-25-20(27-14-17-4-2-5-18(12-17)21(22,23)24)26-13-16-7-9-28(10-8-16)15-19-6-3-11-29-19;/h2-6,11-12,16H,7-10,13-15H2,1H3,(H2,25,26,27);1H. The molecule has 0 amide bonds. The highest BCUT2D eigenvalue weighted by Gasteiger charge is 2.30. The number of likely N-dealkylation sites (tertiary alicyclic amines) is 1. The molecule has 4 nitrogen and oxygen atoms in total. The number of hydrogen-bond acceptors (Lipinski definition) is 3. The fourth-order valence-electron chi connectivity index (χ4n) is 3.48. The highest BCUT2D eigenvalue weighted by Crippen LogP contribution is 2.29. The molecule has 9 heteroatoms. The van der Waals surface area contributed by atoms with Crippen molar-refractivity contribution in [1.82, 2.24) is 15.5 Å². The van der Waals surface area contributed by atoms with Crippen LogP contribution in [0.25, 0.3) is 0 Å². The topological polar surface area (TPSA) is 39.7 Å². The number of rotatable bonds is 6. The van der Waals surface area contributed by atoms with Gasteiger partial charge < -0.3 is 10.6 Å². The average Bonchev–Trinajstić information content (AvgIpc) is 3.22. The van der Waals surface area contributed by atoms with Crippen molar-refractivity contribution in [3.8, 4) is 0 Å². The first-order valence-corrected chi connectivity index (χ1v) is 10.7. The SMILES string of the molecule is CN=C(NCc1cccc(C(F)(F)F)c1)NCC1CCN(Cc2cccs2)CC1.I. The largest absolute Gasteiger partial charge is 0.416 e. The lowest BCUT2D eigenvalue weighted by molar-refractivity contribution is -0.137. The summed E-state index contributed by atoms with van der Waals surface area (Å²) in [6, 6.07) is 9.64. The van der Waals surface area contributed by atoms with Crippen LogP contribution < -0.4 is 10.6 Å². The summed E-state index contributed by atoms with van der Waals surface area (Å²) in [5.41, 5.74) is -0.0567. The van der Waals surface area contributed by atoms with Crippen molar-refractivity contribution in [3.63, 3.8) is 0 Å². The molecule has 0 radical (unpaired) electrons. The molecule has 30 heavy (non-hydrogen) atoms. The number of halogens is 4. The lowest BCUT2D eigenvalue weighted by Gasteiger charge is -2.32. The van der Waals surface area contributed by atoms with Gasteiger partial charge in [0.05, 0.1) is 5.56 Å². The van der Waals surface area contributed by atoms with E-state index in [-0.39, 0.29) is 24.0 Å². The number of hydrogen-bond donors (Lipinski definition) is 2. The van der Waals surface area contributed by atoms with E-state index in [2.05, 4.69) is 38.0 Å². The van der Waals surface area contributed by atoms with Gasteiger partial charge >= 0.3 is 6.18 Å². The molecule has 1 aliphatic rings. The molecule has 0 aliphatic carbocycles. The second-order valence-electron chi connectivity index (χ2n) is 7.30. The maximum absolute atomic E-state index is 12.8. The van der Waals surface area contributed by atoms with E-state index in [4.69, 9.17) is 0 Å². The second kappa shape index (κ2) is 11.9. The molecule has 166 valence electrons. The predicted octanol–water partition coefficient (Wildman–Crippen LogP) is 4.96. The number of benzene rings is 1. The van der Waals surface area contributed by atoms with Crippen molar-refractivity contribution < 1.29 is 13.2 Å². The van der Waals surface area contributed by atoms with Crippen LogP contribution >= 0.6 is 35.3 Å². The van der Waals surface area contributed by atoms with Gasteiger partial charge in [0.25, 0.3) is 0 Å². The Morgan fingerprint density at radius 1 is 1.17 bits per heavy atom. The Bertz CT molecular complexity index is 788. The van der Waals surface area contributed by atoms with Crippen molar-refractivity contribution in [2.75, 3.05) is 26.7 Å². The molecular formula is C21H28F3IN4S. The van der Waals surface area contributed by atoms with Crippen molar-refractivity contribution in [2.24, 2.45) is 10.9 Å². The fourth-order valence-corrected chi connectivity index (χ4v) is 4.22. The van der Waals surface area contributed by atoms with E-state index in [1.807, 2.05) is 0 Å². The zero-order valence-corrected chi connectivity index (χ0v) is 20.1. The molecule has 3 rings (SSSR count). The molecule has 1 fully saturated rings. The van der Waals surface area contributed by atoms with Crippen molar-refractivity contribution in [3.05, 3.63) is 57.8 Å². The van der Waals surface area contributed by atoms with Gasteiger partial charge in [-0.3, -0.25) is 9.89 Å². The molecule has 0 bridgehead atoms. The number of nitrogens with one attached hydrogen (secondary N) is 2. The number of nitrogens with zero attached hydrogens (tertiary/aromatic N) is 2. The zero-order valence-electron chi connectivity index (χ0n) is 16.9. The van der Waals surface area contributed by atoms with Gasteiger partial charge in [0.15, 0.2) is 5.96 Å². The van der Waals surface area contributed by atoms with Gasteiger partial charge in [-0.05, 0) is 61.0 Å². The minimum Gasteiger partial charge on any atom is -0.356 e. The molecule has 1 saturated heterocycles. The molecule has 0 saturated carbocycles. The van der Waals surface area contributed by atoms with E-state index in [0.29, 0.717) is 24.0 Å². The van der Waals surface area contributed by atoms with Crippen LogP contribution in [-0.2, 0) is 19.3 Å². The van der Waals surface area contributed by atoms with E-state index < -0.39 is 11.7 Å². The molecule has 1 aliphatic heterocycles. The van der Waals surface area contributed by atoms with Crippen LogP contribution in [0.3, 0.4) is 0 Å². The Kier molecular flexibility index (Phi) is 9.89. The predicted molar refractivity (Wildman–Crippen MR) is 127 cm³/mol. The van der Waals surface area contributed by atoms with Crippen LogP contribution in [0.1, 0.15) is 28.8 Å². The number of aliphatic imine (C=N–C) groups is 1. The Labute approximate surface area is 197 Å². The maximum Gasteiger partial charge on any atom is 0.416 e. The Morgan fingerprint density at radius 3 is 2.57 bits per heavy atom. The van der Waals surface area contributed by atoms with Crippen LogP contribution in [0.15, 0.2) is 46.8 Å². The van der Waals surface area contributed by atoms with Gasteiger partial charge in [-0.25, -0.2) is 0 Å². The number of alkyl halides is 3. The summed E-state index contributed by atoms with van der Waals surface area (Å²) >= 11 is 1.80. The summed E-state index contributed by atoms with van der Waals surface area (Å²) in [5, 5.41) is 8.53. The first-order chi connectivity index (χ1) is 13.9. The van der Waals surface area contributed by atoms with Crippen molar-refractivity contribution >= 4 is 41.3 Å². The van der Waals surface area contributed by atoms with E-state index in [1.54, 1.807) is 24.5 Å². The Balaban J connectivity index is 0.00000320. The minimum atomic E-state index is -4.33. The summed E-state index contributed by atoms with van der Waals surface area (Å²) in [6.45, 7) is 4.30. The highest BCUT2D eigenvalue weighted by atomic mass is 127.